The molecule has 2 bridgehead atoms. The van der Waals surface area contributed by atoms with Gasteiger partial charge in [0.15, 0.2) is 6.61 Å². The molecule has 3 aliphatic rings. The minimum absolute atomic E-state index is 0.139. The van der Waals surface area contributed by atoms with Crippen LogP contribution in [0.5, 0.6) is 0 Å². The molecular formula is C29H30N2O7. The van der Waals surface area contributed by atoms with E-state index >= 15 is 0 Å². The topological polar surface area (TPSA) is 119 Å². The number of imide groups is 1. The van der Waals surface area contributed by atoms with Crippen LogP contribution in [0.25, 0.3) is 0 Å². The summed E-state index contributed by atoms with van der Waals surface area (Å²) < 4.78 is 10.3. The maximum absolute atomic E-state index is 13.0. The molecule has 2 aromatic carbocycles. The highest BCUT2D eigenvalue weighted by atomic mass is 16.5. The molecule has 38 heavy (non-hydrogen) atoms. The van der Waals surface area contributed by atoms with Gasteiger partial charge in [-0.3, -0.25) is 19.3 Å². The number of hydrogen-bond acceptors (Lipinski definition) is 7. The predicted molar refractivity (Wildman–Crippen MR) is 137 cm³/mol. The molecule has 2 aliphatic carbocycles. The number of benzene rings is 2. The first-order chi connectivity index (χ1) is 18.2. The number of esters is 2. The number of amides is 3. The first-order valence-electron chi connectivity index (χ1n) is 12.9. The lowest BCUT2D eigenvalue weighted by Gasteiger charge is -2.19. The fourth-order valence-electron chi connectivity index (χ4n) is 5.84. The molecule has 3 fully saturated rings. The molecule has 9 nitrogen and oxygen atoms in total. The second kappa shape index (κ2) is 10.4. The lowest BCUT2D eigenvalue weighted by molar-refractivity contribution is -0.123. The molecule has 2 saturated carbocycles. The summed E-state index contributed by atoms with van der Waals surface area (Å²) in [7, 11) is 0. The summed E-state index contributed by atoms with van der Waals surface area (Å²) in [6, 6.07) is 12.3. The van der Waals surface area contributed by atoms with Crippen molar-refractivity contribution < 1.29 is 33.4 Å². The van der Waals surface area contributed by atoms with Crippen LogP contribution in [0.15, 0.2) is 48.5 Å². The molecule has 1 heterocycles. The summed E-state index contributed by atoms with van der Waals surface area (Å²) in [4.78, 5) is 63.9. The van der Waals surface area contributed by atoms with E-state index in [0.29, 0.717) is 35.4 Å². The number of anilines is 2. The summed E-state index contributed by atoms with van der Waals surface area (Å²) in [6.07, 6.45) is 2.99. The fraction of sp³-hybridized carbons (Fsp3) is 0.414. The zero-order chi connectivity index (χ0) is 27.0. The number of fused-ring (bicyclic) bond motifs is 5. The molecule has 198 valence electrons. The number of carbonyl (C=O) groups excluding carboxylic acids is 5. The van der Waals surface area contributed by atoms with Gasteiger partial charge in [-0.2, -0.15) is 0 Å². The SMILES string of the molecule is CC(C)COC(=O)c1ccc(NC(=O)COC(=O)c2ccc(N3C(=O)[C@@H]4[C@H]5CC[C@@H](C5)[C@H]4C3=O)cc2)cc1. The Morgan fingerprint density at radius 1 is 0.842 bits per heavy atom. The zero-order valence-electron chi connectivity index (χ0n) is 21.3. The van der Waals surface area contributed by atoms with Gasteiger partial charge in [0, 0.05) is 5.69 Å². The summed E-state index contributed by atoms with van der Waals surface area (Å²) in [5.41, 5.74) is 1.45. The van der Waals surface area contributed by atoms with Crippen LogP contribution in [0.1, 0.15) is 53.8 Å². The monoisotopic (exact) mass is 518 g/mol. The molecule has 3 amide bonds. The van der Waals surface area contributed by atoms with E-state index in [1.54, 1.807) is 36.4 Å². The molecule has 2 aromatic rings. The molecule has 0 aromatic heterocycles. The van der Waals surface area contributed by atoms with Gasteiger partial charge in [-0.15, -0.1) is 0 Å². The summed E-state index contributed by atoms with van der Waals surface area (Å²) in [5, 5.41) is 2.60. The highest BCUT2D eigenvalue weighted by Gasteiger charge is 2.61. The van der Waals surface area contributed by atoms with Crippen LogP contribution in [-0.4, -0.2) is 42.9 Å². The maximum Gasteiger partial charge on any atom is 0.338 e. The summed E-state index contributed by atoms with van der Waals surface area (Å²) in [5.74, 6) is -1.55. The van der Waals surface area contributed by atoms with Crippen molar-refractivity contribution in [3.8, 4) is 0 Å². The quantitative estimate of drug-likeness (QED) is 0.417. The third kappa shape index (κ3) is 4.92. The maximum atomic E-state index is 13.0. The lowest BCUT2D eigenvalue weighted by Crippen LogP contribution is -2.32. The Hall–Kier alpha value is -4.01. The van der Waals surface area contributed by atoms with Crippen molar-refractivity contribution in [2.24, 2.45) is 29.6 Å². The van der Waals surface area contributed by atoms with E-state index in [9.17, 15) is 24.0 Å². The molecule has 5 rings (SSSR count). The largest absolute Gasteiger partial charge is 0.462 e. The van der Waals surface area contributed by atoms with Gasteiger partial charge in [-0.1, -0.05) is 13.8 Å². The normalized spacial score (nSPS) is 23.5. The van der Waals surface area contributed by atoms with Crippen LogP contribution < -0.4 is 10.2 Å². The third-order valence-corrected chi connectivity index (χ3v) is 7.58. The highest BCUT2D eigenvalue weighted by Crippen LogP contribution is 2.56. The van der Waals surface area contributed by atoms with E-state index in [1.807, 2.05) is 13.8 Å². The summed E-state index contributed by atoms with van der Waals surface area (Å²) in [6.45, 7) is 3.70. The van der Waals surface area contributed by atoms with Crippen molar-refractivity contribution in [1.29, 1.82) is 0 Å². The Morgan fingerprint density at radius 2 is 1.37 bits per heavy atom. The predicted octanol–water partition coefficient (Wildman–Crippen LogP) is 3.83. The Morgan fingerprint density at radius 3 is 1.92 bits per heavy atom. The Bertz CT molecular complexity index is 1240. The number of ether oxygens (including phenoxy) is 2. The Kier molecular flexibility index (Phi) is 7.01. The molecule has 9 heteroatoms. The van der Waals surface area contributed by atoms with Crippen LogP contribution in [0.4, 0.5) is 11.4 Å². The number of nitrogens with zero attached hydrogens (tertiary/aromatic N) is 1. The van der Waals surface area contributed by atoms with E-state index < -0.39 is 24.5 Å². The van der Waals surface area contributed by atoms with Crippen molar-refractivity contribution >= 4 is 41.0 Å². The average Bonchev–Trinajstić information content (AvgIpc) is 3.60. The van der Waals surface area contributed by atoms with E-state index in [4.69, 9.17) is 9.47 Å². The van der Waals surface area contributed by atoms with Crippen molar-refractivity contribution in [2.45, 2.75) is 33.1 Å². The van der Waals surface area contributed by atoms with E-state index in [0.717, 1.165) is 19.3 Å². The smallest absolute Gasteiger partial charge is 0.338 e. The molecule has 4 atom stereocenters. The van der Waals surface area contributed by atoms with Crippen molar-refractivity contribution in [2.75, 3.05) is 23.4 Å². The molecule has 1 saturated heterocycles. The van der Waals surface area contributed by atoms with Crippen LogP contribution in [0.2, 0.25) is 0 Å². The molecule has 0 radical (unpaired) electrons. The fourth-order valence-corrected chi connectivity index (χ4v) is 5.84. The Labute approximate surface area is 220 Å². The average molecular weight is 519 g/mol. The van der Waals surface area contributed by atoms with Crippen molar-refractivity contribution in [3.05, 3.63) is 59.7 Å². The summed E-state index contributed by atoms with van der Waals surface area (Å²) >= 11 is 0. The second-order valence-corrected chi connectivity index (χ2v) is 10.6. The zero-order valence-corrected chi connectivity index (χ0v) is 21.3. The number of hydrogen-bond donors (Lipinski definition) is 1. The minimum atomic E-state index is -0.705. The van der Waals surface area contributed by atoms with Gasteiger partial charge in [0.2, 0.25) is 11.8 Å². The highest BCUT2D eigenvalue weighted by molar-refractivity contribution is 6.22. The number of rotatable bonds is 8. The molecule has 0 spiro atoms. The molecular weight excluding hydrogens is 488 g/mol. The van der Waals surface area contributed by atoms with E-state index in [1.165, 1.54) is 17.0 Å². The van der Waals surface area contributed by atoms with Gasteiger partial charge < -0.3 is 14.8 Å². The third-order valence-electron chi connectivity index (χ3n) is 7.58. The molecule has 1 N–H and O–H groups in total. The van der Waals surface area contributed by atoms with Gasteiger partial charge in [-0.05, 0) is 85.5 Å². The second-order valence-electron chi connectivity index (χ2n) is 10.6. The van der Waals surface area contributed by atoms with Crippen LogP contribution in [-0.2, 0) is 23.9 Å². The van der Waals surface area contributed by atoms with E-state index in [2.05, 4.69) is 5.32 Å². The van der Waals surface area contributed by atoms with Gasteiger partial charge in [-0.25, -0.2) is 9.59 Å². The van der Waals surface area contributed by atoms with Gasteiger partial charge >= 0.3 is 11.9 Å². The standard InChI is InChI=1S/C29H30N2O7/c1-16(2)14-37-28(35)17-5-9-21(10-6-17)30-23(32)15-38-29(36)18-7-11-22(12-8-18)31-26(33)24-19-3-4-20(13-19)25(24)27(31)34/h5-12,16,19-20,24-25H,3-4,13-15H2,1-2H3,(H,30,32)/t19-,20-,24+,25+/m0/s1. The number of carbonyl (C=O) groups is 5. The first kappa shape index (κ1) is 25.6. The van der Waals surface area contributed by atoms with Crippen molar-refractivity contribution in [3.63, 3.8) is 0 Å². The Balaban J connectivity index is 1.12. The minimum Gasteiger partial charge on any atom is -0.462 e. The van der Waals surface area contributed by atoms with E-state index in [-0.39, 0.29) is 35.1 Å². The van der Waals surface area contributed by atoms with Crippen LogP contribution >= 0.6 is 0 Å². The first-order valence-corrected chi connectivity index (χ1v) is 12.9. The van der Waals surface area contributed by atoms with Gasteiger partial charge in [0.25, 0.3) is 5.91 Å². The van der Waals surface area contributed by atoms with Crippen LogP contribution in [0.3, 0.4) is 0 Å². The van der Waals surface area contributed by atoms with Crippen molar-refractivity contribution in [1.82, 2.24) is 0 Å². The van der Waals surface area contributed by atoms with Gasteiger partial charge in [0.1, 0.15) is 0 Å². The lowest BCUT2D eigenvalue weighted by atomic mass is 9.81. The molecule has 1 aliphatic heterocycles. The van der Waals surface area contributed by atoms with Crippen LogP contribution in [0, 0.1) is 29.6 Å². The molecule has 0 unspecified atom stereocenters. The number of nitrogens with one attached hydrogen (secondary N) is 1. The van der Waals surface area contributed by atoms with Gasteiger partial charge in [0.05, 0.1) is 35.3 Å².